The average Bonchev–Trinajstić information content (AvgIpc) is 3.22. The van der Waals surface area contributed by atoms with Gasteiger partial charge in [0.1, 0.15) is 0 Å². The molecular weight excluding hydrogens is 268 g/mol. The predicted octanol–water partition coefficient (Wildman–Crippen LogP) is 1.52. The molecule has 2 N–H and O–H groups in total. The maximum Gasteiger partial charge on any atom is 0.262 e. The molecule has 1 heterocycles. The van der Waals surface area contributed by atoms with Crippen molar-refractivity contribution >= 4 is 22.8 Å². The Labute approximate surface area is 122 Å². The molecule has 0 spiro atoms. The number of carbonyl (C=O) groups is 1. The summed E-state index contributed by atoms with van der Waals surface area (Å²) in [6.45, 7) is 4.39. The maximum absolute atomic E-state index is 12.4. The summed E-state index contributed by atoms with van der Waals surface area (Å²) in [5, 5.41) is 0.576. The van der Waals surface area contributed by atoms with Gasteiger partial charge < -0.3 is 0 Å². The molecule has 1 aliphatic carbocycles. The van der Waals surface area contributed by atoms with Crippen LogP contribution in [-0.4, -0.2) is 15.5 Å². The number of hydrogen-bond acceptors (Lipinski definition) is 4. The molecule has 1 aromatic carbocycles. The number of hydrazine groups is 1. The van der Waals surface area contributed by atoms with Gasteiger partial charge in [-0.15, -0.1) is 0 Å². The van der Waals surface area contributed by atoms with E-state index in [0.29, 0.717) is 29.3 Å². The summed E-state index contributed by atoms with van der Waals surface area (Å²) >= 11 is 0. The lowest BCUT2D eigenvalue weighted by atomic mass is 10.2. The van der Waals surface area contributed by atoms with Gasteiger partial charge >= 0.3 is 0 Å². The molecule has 1 saturated carbocycles. The number of fused-ring (bicyclic) bond motifs is 1. The van der Waals surface area contributed by atoms with Crippen molar-refractivity contribution in [3.63, 3.8) is 0 Å². The molecule has 3 rings (SSSR count). The summed E-state index contributed by atoms with van der Waals surface area (Å²) in [5.41, 5.74) is 5.94. The van der Waals surface area contributed by atoms with Crippen LogP contribution in [0, 0.1) is 11.8 Å². The molecule has 1 fully saturated rings. The van der Waals surface area contributed by atoms with E-state index < -0.39 is 0 Å². The number of aromatic nitrogens is 2. The summed E-state index contributed by atoms with van der Waals surface area (Å²) in [6, 6.07) is 7.19. The Hall–Kier alpha value is -2.37. The molecule has 0 radical (unpaired) electrons. The van der Waals surface area contributed by atoms with Crippen LogP contribution >= 0.6 is 0 Å². The number of anilines is 1. The van der Waals surface area contributed by atoms with E-state index in [1.807, 2.05) is 26.0 Å². The van der Waals surface area contributed by atoms with Crippen LogP contribution in [-0.2, 0) is 11.3 Å². The van der Waals surface area contributed by atoms with E-state index in [1.165, 1.54) is 4.57 Å². The van der Waals surface area contributed by atoms with E-state index in [-0.39, 0.29) is 17.4 Å². The van der Waals surface area contributed by atoms with Crippen LogP contribution in [0.5, 0.6) is 0 Å². The van der Waals surface area contributed by atoms with Crippen LogP contribution in [0.1, 0.15) is 20.3 Å². The zero-order chi connectivity index (χ0) is 15.0. The number of nitrogens with one attached hydrogen (secondary N) is 2. The minimum atomic E-state index is -0.111. The van der Waals surface area contributed by atoms with Gasteiger partial charge in [-0.2, -0.15) is 0 Å². The number of nitrogens with zero attached hydrogens (tertiary/aromatic N) is 2. The number of amides is 1. The molecule has 2 aromatic rings. The van der Waals surface area contributed by atoms with Crippen molar-refractivity contribution in [1.29, 1.82) is 0 Å². The van der Waals surface area contributed by atoms with Crippen molar-refractivity contribution in [2.75, 3.05) is 5.43 Å². The van der Waals surface area contributed by atoms with Crippen molar-refractivity contribution in [2.24, 2.45) is 11.8 Å². The van der Waals surface area contributed by atoms with Crippen LogP contribution in [0.3, 0.4) is 0 Å². The highest BCUT2D eigenvalue weighted by Gasteiger charge is 2.39. The fourth-order valence-corrected chi connectivity index (χ4v) is 2.45. The fourth-order valence-electron chi connectivity index (χ4n) is 2.45. The van der Waals surface area contributed by atoms with Crippen molar-refractivity contribution in [3.05, 3.63) is 34.6 Å². The lowest BCUT2D eigenvalue weighted by Gasteiger charge is -2.13. The lowest BCUT2D eigenvalue weighted by Crippen LogP contribution is -2.35. The van der Waals surface area contributed by atoms with Crippen LogP contribution in [0.25, 0.3) is 10.9 Å². The first-order valence-corrected chi connectivity index (χ1v) is 7.17. The maximum atomic E-state index is 12.4. The molecule has 1 amide bonds. The second kappa shape index (κ2) is 5.20. The van der Waals surface area contributed by atoms with E-state index in [9.17, 15) is 9.59 Å². The van der Waals surface area contributed by atoms with Crippen LogP contribution < -0.4 is 16.4 Å². The van der Waals surface area contributed by atoms with Gasteiger partial charge in [-0.05, 0) is 31.4 Å². The van der Waals surface area contributed by atoms with Gasteiger partial charge in [-0.3, -0.25) is 25.0 Å². The van der Waals surface area contributed by atoms with Crippen LogP contribution in [0.2, 0.25) is 0 Å². The van der Waals surface area contributed by atoms with Crippen molar-refractivity contribution < 1.29 is 4.79 Å². The summed E-state index contributed by atoms with van der Waals surface area (Å²) < 4.78 is 1.51. The van der Waals surface area contributed by atoms with E-state index in [1.54, 1.807) is 12.1 Å². The molecule has 0 saturated heterocycles. The molecule has 1 aromatic heterocycles. The molecule has 0 bridgehead atoms. The first-order valence-electron chi connectivity index (χ1n) is 7.17. The van der Waals surface area contributed by atoms with E-state index in [2.05, 4.69) is 15.8 Å². The third-order valence-corrected chi connectivity index (χ3v) is 3.92. The Morgan fingerprint density at radius 1 is 1.43 bits per heavy atom. The monoisotopic (exact) mass is 286 g/mol. The molecule has 0 unspecified atom stereocenters. The Morgan fingerprint density at radius 2 is 2.14 bits per heavy atom. The highest BCUT2D eigenvalue weighted by atomic mass is 16.2. The van der Waals surface area contributed by atoms with Gasteiger partial charge in [0.25, 0.3) is 5.56 Å². The summed E-state index contributed by atoms with van der Waals surface area (Å²) in [4.78, 5) is 28.7. The fraction of sp³-hybridized carbons (Fsp3) is 0.400. The Bertz CT molecular complexity index is 753. The van der Waals surface area contributed by atoms with Crippen LogP contribution in [0.4, 0.5) is 5.95 Å². The molecule has 110 valence electrons. The quantitative estimate of drug-likeness (QED) is 0.835. The van der Waals surface area contributed by atoms with E-state index in [0.717, 1.165) is 6.42 Å². The highest BCUT2D eigenvalue weighted by Crippen LogP contribution is 2.37. The third-order valence-electron chi connectivity index (χ3n) is 3.92. The summed E-state index contributed by atoms with van der Waals surface area (Å²) in [6.07, 6.45) is 0.916. The molecule has 1 aliphatic rings. The average molecular weight is 286 g/mol. The highest BCUT2D eigenvalue weighted by molar-refractivity contribution is 5.83. The van der Waals surface area contributed by atoms with Gasteiger partial charge in [-0.1, -0.05) is 19.1 Å². The van der Waals surface area contributed by atoms with Crippen LogP contribution in [0.15, 0.2) is 29.1 Å². The van der Waals surface area contributed by atoms with Gasteiger partial charge in [-0.25, -0.2) is 4.98 Å². The second-order valence-corrected chi connectivity index (χ2v) is 5.44. The first kappa shape index (κ1) is 13.6. The van der Waals surface area contributed by atoms with E-state index in [4.69, 9.17) is 0 Å². The normalized spacial score (nSPS) is 20.3. The molecule has 2 atom stereocenters. The minimum absolute atomic E-state index is 0.0486. The largest absolute Gasteiger partial charge is 0.277 e. The van der Waals surface area contributed by atoms with Crippen molar-refractivity contribution in [3.8, 4) is 0 Å². The SMILES string of the molecule is CCn1c(NNC(=O)[C@H]2C[C@@H]2C)nc2ccccc2c1=O. The summed E-state index contributed by atoms with van der Waals surface area (Å²) in [5.74, 6) is 0.819. The zero-order valence-electron chi connectivity index (χ0n) is 12.1. The Kier molecular flexibility index (Phi) is 3.37. The molecular formula is C15H18N4O2. The van der Waals surface area contributed by atoms with E-state index >= 15 is 0 Å². The number of carbonyl (C=O) groups excluding carboxylic acids is 1. The molecule has 0 aliphatic heterocycles. The molecule has 6 nitrogen and oxygen atoms in total. The number of para-hydroxylation sites is 1. The Morgan fingerprint density at radius 3 is 2.81 bits per heavy atom. The van der Waals surface area contributed by atoms with Crippen molar-refractivity contribution in [2.45, 2.75) is 26.8 Å². The summed E-state index contributed by atoms with van der Waals surface area (Å²) in [7, 11) is 0. The first-order chi connectivity index (χ1) is 10.1. The zero-order valence-corrected chi connectivity index (χ0v) is 12.1. The Balaban J connectivity index is 1.90. The topological polar surface area (TPSA) is 76.0 Å². The van der Waals surface area contributed by atoms with Gasteiger partial charge in [0.2, 0.25) is 11.9 Å². The number of benzene rings is 1. The van der Waals surface area contributed by atoms with Crippen molar-refractivity contribution in [1.82, 2.24) is 15.0 Å². The standard InChI is InChI=1S/C15H18N4O2/c1-3-19-14(21)10-6-4-5-7-12(10)16-15(19)18-17-13(20)11-8-9(11)2/h4-7,9,11H,3,8H2,1-2H3,(H,16,18)(H,17,20)/t9-,11-/m0/s1. The molecule has 21 heavy (non-hydrogen) atoms. The molecule has 6 heteroatoms. The number of hydrogen-bond donors (Lipinski definition) is 2. The minimum Gasteiger partial charge on any atom is -0.277 e. The van der Waals surface area contributed by atoms with Gasteiger partial charge in [0.15, 0.2) is 0 Å². The predicted molar refractivity (Wildman–Crippen MR) is 80.7 cm³/mol. The second-order valence-electron chi connectivity index (χ2n) is 5.44. The lowest BCUT2D eigenvalue weighted by molar-refractivity contribution is -0.122. The van der Waals surface area contributed by atoms with Gasteiger partial charge in [0.05, 0.1) is 10.9 Å². The smallest absolute Gasteiger partial charge is 0.262 e. The van der Waals surface area contributed by atoms with Gasteiger partial charge in [0, 0.05) is 12.5 Å². The number of rotatable bonds is 4. The third kappa shape index (κ3) is 2.49.